The predicted octanol–water partition coefficient (Wildman–Crippen LogP) is 4.44. The van der Waals surface area contributed by atoms with E-state index in [2.05, 4.69) is 0 Å². The second kappa shape index (κ2) is 8.09. The van der Waals surface area contributed by atoms with Crippen molar-refractivity contribution >= 4 is 17.2 Å². The molecular weight excluding hydrogens is 341 g/mol. The maximum Gasteiger partial charge on any atom is 0.264 e. The van der Waals surface area contributed by atoms with Crippen molar-refractivity contribution in [3.63, 3.8) is 0 Å². The number of carbonyl (C=O) groups excluding carboxylic acids is 1. The van der Waals surface area contributed by atoms with Crippen molar-refractivity contribution in [2.45, 2.75) is 6.54 Å². The van der Waals surface area contributed by atoms with Gasteiger partial charge in [-0.05, 0) is 30.3 Å². The van der Waals surface area contributed by atoms with E-state index in [4.69, 9.17) is 9.15 Å². The molecule has 0 saturated heterocycles. The number of carbonyl (C=O) groups is 1. The third-order valence-electron chi connectivity index (χ3n) is 3.74. The molecule has 0 unspecified atom stereocenters. The Morgan fingerprint density at radius 2 is 2.04 bits per heavy atom. The zero-order chi connectivity index (χ0) is 17.6. The molecule has 0 fully saturated rings. The molecule has 0 saturated carbocycles. The summed E-state index contributed by atoms with van der Waals surface area (Å²) >= 11 is 1.28. The van der Waals surface area contributed by atoms with Gasteiger partial charge in [-0.2, -0.15) is 0 Å². The minimum absolute atomic E-state index is 0.124. The van der Waals surface area contributed by atoms with Crippen molar-refractivity contribution < 1.29 is 18.3 Å². The first-order chi connectivity index (χ1) is 12.2. The number of furan rings is 1. The summed E-state index contributed by atoms with van der Waals surface area (Å²) in [4.78, 5) is 15.8. The second-order valence-electron chi connectivity index (χ2n) is 5.44. The van der Waals surface area contributed by atoms with Crippen LogP contribution in [0, 0.1) is 5.82 Å². The summed E-state index contributed by atoms with van der Waals surface area (Å²) in [7, 11) is 1.59. The average molecular weight is 359 g/mol. The summed E-state index contributed by atoms with van der Waals surface area (Å²) in [5.74, 6) is 0.284. The maximum absolute atomic E-state index is 13.9. The summed E-state index contributed by atoms with van der Waals surface area (Å²) in [6, 6.07) is 13.7. The van der Waals surface area contributed by atoms with Crippen molar-refractivity contribution in [1.82, 2.24) is 4.90 Å². The lowest BCUT2D eigenvalue weighted by Crippen LogP contribution is -2.32. The van der Waals surface area contributed by atoms with Crippen LogP contribution < -0.4 is 0 Å². The number of hydrogen-bond acceptors (Lipinski definition) is 4. The second-order valence-corrected chi connectivity index (χ2v) is 6.53. The lowest BCUT2D eigenvalue weighted by atomic mass is 10.2. The van der Waals surface area contributed by atoms with E-state index in [0.29, 0.717) is 35.9 Å². The molecule has 0 atom stereocenters. The van der Waals surface area contributed by atoms with E-state index < -0.39 is 0 Å². The SMILES string of the molecule is COCCN(Cc1ccco1)C(=O)c1ccc(-c2ccccc2F)s1. The maximum atomic E-state index is 13.9. The number of halogens is 1. The van der Waals surface area contributed by atoms with Gasteiger partial charge in [-0.15, -0.1) is 11.3 Å². The van der Waals surface area contributed by atoms with Gasteiger partial charge in [0.25, 0.3) is 5.91 Å². The van der Waals surface area contributed by atoms with Crippen LogP contribution in [0.4, 0.5) is 4.39 Å². The minimum atomic E-state index is -0.296. The van der Waals surface area contributed by atoms with Gasteiger partial charge >= 0.3 is 0 Å². The van der Waals surface area contributed by atoms with E-state index in [9.17, 15) is 9.18 Å². The van der Waals surface area contributed by atoms with Gasteiger partial charge in [0.15, 0.2) is 0 Å². The van der Waals surface area contributed by atoms with E-state index in [1.54, 1.807) is 54.7 Å². The van der Waals surface area contributed by atoms with Crippen molar-refractivity contribution in [3.8, 4) is 10.4 Å². The monoisotopic (exact) mass is 359 g/mol. The van der Waals surface area contributed by atoms with Crippen LogP contribution in [0.5, 0.6) is 0 Å². The van der Waals surface area contributed by atoms with Crippen LogP contribution in [0.2, 0.25) is 0 Å². The molecule has 3 aromatic rings. The number of thiophene rings is 1. The van der Waals surface area contributed by atoms with E-state index in [0.717, 1.165) is 4.88 Å². The Balaban J connectivity index is 1.81. The molecule has 0 radical (unpaired) electrons. The van der Waals surface area contributed by atoms with E-state index in [1.165, 1.54) is 17.4 Å². The lowest BCUT2D eigenvalue weighted by molar-refractivity contribution is 0.0671. The van der Waals surface area contributed by atoms with Gasteiger partial charge in [-0.3, -0.25) is 4.79 Å². The Kier molecular flexibility index (Phi) is 5.63. The highest BCUT2D eigenvalue weighted by Crippen LogP contribution is 2.30. The summed E-state index contributed by atoms with van der Waals surface area (Å²) < 4.78 is 24.4. The van der Waals surface area contributed by atoms with E-state index >= 15 is 0 Å². The van der Waals surface area contributed by atoms with Crippen LogP contribution in [-0.2, 0) is 11.3 Å². The minimum Gasteiger partial charge on any atom is -0.467 e. The summed E-state index contributed by atoms with van der Waals surface area (Å²) in [5, 5.41) is 0. The molecule has 0 aliphatic carbocycles. The first-order valence-corrected chi connectivity index (χ1v) is 8.66. The fourth-order valence-electron chi connectivity index (χ4n) is 2.46. The Labute approximate surface area is 149 Å². The largest absolute Gasteiger partial charge is 0.467 e. The number of nitrogens with zero attached hydrogens (tertiary/aromatic N) is 1. The fraction of sp³-hybridized carbons (Fsp3) is 0.211. The number of benzene rings is 1. The number of ether oxygens (including phenoxy) is 1. The molecule has 1 aromatic carbocycles. The molecule has 0 spiro atoms. The first kappa shape index (κ1) is 17.4. The highest BCUT2D eigenvalue weighted by molar-refractivity contribution is 7.17. The molecule has 0 aliphatic rings. The van der Waals surface area contributed by atoms with Crippen LogP contribution in [0.25, 0.3) is 10.4 Å². The average Bonchev–Trinajstić information content (AvgIpc) is 3.30. The number of amides is 1. The number of rotatable bonds is 7. The highest BCUT2D eigenvalue weighted by Gasteiger charge is 2.20. The van der Waals surface area contributed by atoms with Gasteiger partial charge in [-0.1, -0.05) is 18.2 Å². The third kappa shape index (κ3) is 4.15. The zero-order valence-corrected chi connectivity index (χ0v) is 14.6. The Hall–Kier alpha value is -2.44. The fourth-order valence-corrected chi connectivity index (χ4v) is 3.46. The Morgan fingerprint density at radius 3 is 2.76 bits per heavy atom. The highest BCUT2D eigenvalue weighted by atomic mass is 32.1. The van der Waals surface area contributed by atoms with Gasteiger partial charge in [-0.25, -0.2) is 4.39 Å². The molecule has 6 heteroatoms. The van der Waals surface area contributed by atoms with Gasteiger partial charge in [0.2, 0.25) is 0 Å². The summed E-state index contributed by atoms with van der Waals surface area (Å²) in [6.07, 6.45) is 1.58. The molecule has 0 N–H and O–H groups in total. The topological polar surface area (TPSA) is 42.7 Å². The molecule has 130 valence electrons. The van der Waals surface area contributed by atoms with Gasteiger partial charge in [0.1, 0.15) is 11.6 Å². The molecular formula is C19H18FNO3S. The molecule has 0 bridgehead atoms. The van der Waals surface area contributed by atoms with Crippen LogP contribution in [0.15, 0.2) is 59.2 Å². The first-order valence-electron chi connectivity index (χ1n) is 7.84. The smallest absolute Gasteiger partial charge is 0.264 e. The summed E-state index contributed by atoms with van der Waals surface area (Å²) in [6.45, 7) is 1.24. The molecule has 3 rings (SSSR count). The van der Waals surface area contributed by atoms with Crippen LogP contribution in [0.1, 0.15) is 15.4 Å². The predicted molar refractivity (Wildman–Crippen MR) is 95.0 cm³/mol. The summed E-state index contributed by atoms with van der Waals surface area (Å²) in [5.41, 5.74) is 0.501. The van der Waals surface area contributed by atoms with Crippen LogP contribution in [-0.4, -0.2) is 31.1 Å². The van der Waals surface area contributed by atoms with Crippen molar-refractivity contribution in [1.29, 1.82) is 0 Å². The Bertz CT molecular complexity index is 829. The molecule has 0 aliphatic heterocycles. The number of methoxy groups -OCH3 is 1. The zero-order valence-electron chi connectivity index (χ0n) is 13.8. The standard InChI is InChI=1S/C19H18FNO3S/c1-23-12-10-21(13-14-5-4-11-24-14)19(22)18-9-8-17(25-18)15-6-2-3-7-16(15)20/h2-9,11H,10,12-13H2,1H3. The lowest BCUT2D eigenvalue weighted by Gasteiger charge is -2.20. The molecule has 2 aromatic heterocycles. The molecule has 25 heavy (non-hydrogen) atoms. The third-order valence-corrected chi connectivity index (χ3v) is 4.84. The quantitative estimate of drug-likeness (QED) is 0.626. The van der Waals surface area contributed by atoms with Crippen molar-refractivity contribution in [2.75, 3.05) is 20.3 Å². The van der Waals surface area contributed by atoms with Gasteiger partial charge < -0.3 is 14.1 Å². The van der Waals surface area contributed by atoms with Crippen LogP contribution >= 0.6 is 11.3 Å². The van der Waals surface area contributed by atoms with Crippen LogP contribution in [0.3, 0.4) is 0 Å². The van der Waals surface area contributed by atoms with Crippen molar-refractivity contribution in [2.24, 2.45) is 0 Å². The number of hydrogen-bond donors (Lipinski definition) is 0. The van der Waals surface area contributed by atoms with Crippen molar-refractivity contribution in [3.05, 3.63) is 71.2 Å². The van der Waals surface area contributed by atoms with E-state index in [-0.39, 0.29) is 11.7 Å². The van der Waals surface area contributed by atoms with Gasteiger partial charge in [0, 0.05) is 24.1 Å². The Morgan fingerprint density at radius 1 is 1.20 bits per heavy atom. The van der Waals surface area contributed by atoms with Gasteiger partial charge in [0.05, 0.1) is 24.3 Å². The molecule has 4 nitrogen and oxygen atoms in total. The van der Waals surface area contributed by atoms with E-state index in [1.807, 2.05) is 6.07 Å². The molecule has 1 amide bonds. The molecule has 2 heterocycles. The normalized spacial score (nSPS) is 10.8.